The van der Waals surface area contributed by atoms with E-state index in [0.717, 1.165) is 27.7 Å². The van der Waals surface area contributed by atoms with E-state index in [1.807, 2.05) is 39.8 Å². The molecule has 0 saturated heterocycles. The first-order valence-corrected chi connectivity index (χ1v) is 8.52. The number of nitrogens with one attached hydrogen (secondary N) is 1. The van der Waals surface area contributed by atoms with Gasteiger partial charge in [-0.2, -0.15) is 5.26 Å². The highest BCUT2D eigenvalue weighted by atomic mass is 16.5. The third kappa shape index (κ3) is 4.05. The highest BCUT2D eigenvalue weighted by Crippen LogP contribution is 2.26. The van der Waals surface area contributed by atoms with E-state index in [1.54, 1.807) is 13.2 Å². The standard InChI is InChI=1S/C20H24N2O4/c1-12(2)20(5,11-21)22-17(23)10-25-18(24)8-15-9-26-19-14(4)13(3)6-7-16(15)19/h6-7,9,12H,8,10H2,1-5H3,(H,22,23)/t20-/m1/s1. The van der Waals surface area contributed by atoms with E-state index >= 15 is 0 Å². The van der Waals surface area contributed by atoms with Gasteiger partial charge in [0.15, 0.2) is 6.61 Å². The molecule has 0 aliphatic rings. The molecule has 1 N–H and O–H groups in total. The average Bonchev–Trinajstić information content (AvgIpc) is 2.99. The minimum atomic E-state index is -1.00. The maximum Gasteiger partial charge on any atom is 0.310 e. The van der Waals surface area contributed by atoms with Gasteiger partial charge in [-0.3, -0.25) is 9.59 Å². The summed E-state index contributed by atoms with van der Waals surface area (Å²) in [6.45, 7) is 8.85. The molecule has 0 fully saturated rings. The summed E-state index contributed by atoms with van der Waals surface area (Å²) in [5, 5.41) is 12.7. The van der Waals surface area contributed by atoms with Crippen LogP contribution in [0.2, 0.25) is 0 Å². The zero-order valence-electron chi connectivity index (χ0n) is 15.8. The number of nitrogens with zero attached hydrogens (tertiary/aromatic N) is 1. The molecular weight excluding hydrogens is 332 g/mol. The molecule has 0 radical (unpaired) electrons. The Kier molecular flexibility index (Phi) is 5.71. The van der Waals surface area contributed by atoms with Crippen LogP contribution in [0.3, 0.4) is 0 Å². The van der Waals surface area contributed by atoms with Crippen LogP contribution in [-0.2, 0) is 20.7 Å². The third-order valence-electron chi connectivity index (χ3n) is 4.83. The van der Waals surface area contributed by atoms with Crippen molar-refractivity contribution in [2.75, 3.05) is 6.61 Å². The van der Waals surface area contributed by atoms with Gasteiger partial charge in [-0.05, 0) is 37.8 Å². The number of amides is 1. The average molecular weight is 356 g/mol. The van der Waals surface area contributed by atoms with E-state index < -0.39 is 24.0 Å². The maximum atomic E-state index is 12.1. The highest BCUT2D eigenvalue weighted by molar-refractivity contribution is 5.89. The number of hydrogen-bond acceptors (Lipinski definition) is 5. The van der Waals surface area contributed by atoms with E-state index in [0.29, 0.717) is 0 Å². The number of aryl methyl sites for hydroxylation is 2. The summed E-state index contributed by atoms with van der Waals surface area (Å²) in [5.74, 6) is -1.10. The second-order valence-corrected chi connectivity index (χ2v) is 7.00. The van der Waals surface area contributed by atoms with Crippen molar-refractivity contribution in [3.8, 4) is 6.07 Å². The molecule has 6 heteroatoms. The molecule has 1 atom stereocenters. The van der Waals surface area contributed by atoms with Crippen molar-refractivity contribution in [3.63, 3.8) is 0 Å². The molecular formula is C20H24N2O4. The third-order valence-corrected chi connectivity index (χ3v) is 4.83. The number of ether oxygens (including phenoxy) is 1. The summed E-state index contributed by atoms with van der Waals surface area (Å²) in [6.07, 6.45) is 1.56. The molecule has 0 aliphatic heterocycles. The SMILES string of the molecule is Cc1ccc2c(CC(=O)OCC(=O)N[C@](C)(C#N)C(C)C)coc2c1C. The summed E-state index contributed by atoms with van der Waals surface area (Å²) in [7, 11) is 0. The van der Waals surface area contributed by atoms with E-state index in [4.69, 9.17) is 9.15 Å². The first kappa shape index (κ1) is 19.5. The number of hydrogen-bond donors (Lipinski definition) is 1. The van der Waals surface area contributed by atoms with Gasteiger partial charge in [-0.25, -0.2) is 0 Å². The number of rotatable bonds is 6. The summed E-state index contributed by atoms with van der Waals surface area (Å²) in [4.78, 5) is 24.0. The van der Waals surface area contributed by atoms with E-state index in [-0.39, 0.29) is 12.3 Å². The number of fused-ring (bicyclic) bond motifs is 1. The lowest BCUT2D eigenvalue weighted by atomic mass is 9.90. The second kappa shape index (κ2) is 7.61. The normalized spacial score (nSPS) is 13.3. The fraction of sp³-hybridized carbons (Fsp3) is 0.450. The van der Waals surface area contributed by atoms with Gasteiger partial charge in [0.1, 0.15) is 11.1 Å². The van der Waals surface area contributed by atoms with Crippen LogP contribution < -0.4 is 5.32 Å². The predicted octanol–water partition coefficient (Wildman–Crippen LogP) is 3.19. The van der Waals surface area contributed by atoms with Crippen molar-refractivity contribution in [2.45, 2.75) is 46.6 Å². The molecule has 0 unspecified atom stereocenters. The second-order valence-electron chi connectivity index (χ2n) is 7.00. The Hall–Kier alpha value is -2.81. The molecule has 2 rings (SSSR count). The Morgan fingerprint density at radius 1 is 1.35 bits per heavy atom. The number of furan rings is 1. The van der Waals surface area contributed by atoms with Gasteiger partial charge in [0.2, 0.25) is 0 Å². The zero-order chi connectivity index (χ0) is 19.5. The lowest BCUT2D eigenvalue weighted by molar-refractivity contribution is -0.148. The smallest absolute Gasteiger partial charge is 0.310 e. The molecule has 6 nitrogen and oxygen atoms in total. The molecule has 1 aromatic heterocycles. The quantitative estimate of drug-likeness (QED) is 0.803. The van der Waals surface area contributed by atoms with Gasteiger partial charge in [0.25, 0.3) is 5.91 Å². The largest absolute Gasteiger partial charge is 0.464 e. The molecule has 26 heavy (non-hydrogen) atoms. The maximum absolute atomic E-state index is 12.1. The van der Waals surface area contributed by atoms with Crippen LogP contribution in [0.25, 0.3) is 11.0 Å². The van der Waals surface area contributed by atoms with Crippen molar-refractivity contribution in [3.05, 3.63) is 35.1 Å². The molecule has 1 aromatic carbocycles. The van der Waals surface area contributed by atoms with E-state index in [2.05, 4.69) is 11.4 Å². The molecule has 1 heterocycles. The number of nitriles is 1. The van der Waals surface area contributed by atoms with E-state index in [9.17, 15) is 14.9 Å². The van der Waals surface area contributed by atoms with Crippen molar-refractivity contribution in [1.82, 2.24) is 5.32 Å². The molecule has 0 aliphatic carbocycles. The Labute approximate surface area is 153 Å². The highest BCUT2D eigenvalue weighted by Gasteiger charge is 2.30. The van der Waals surface area contributed by atoms with Crippen LogP contribution in [0, 0.1) is 31.1 Å². The van der Waals surface area contributed by atoms with Gasteiger partial charge >= 0.3 is 5.97 Å². The van der Waals surface area contributed by atoms with E-state index in [1.165, 1.54) is 0 Å². The molecule has 138 valence electrons. The Morgan fingerprint density at radius 2 is 2.04 bits per heavy atom. The first-order chi connectivity index (χ1) is 12.2. The zero-order valence-corrected chi connectivity index (χ0v) is 15.8. The molecule has 0 saturated carbocycles. The monoisotopic (exact) mass is 356 g/mol. The fourth-order valence-electron chi connectivity index (χ4n) is 2.50. The Balaban J connectivity index is 1.97. The minimum Gasteiger partial charge on any atom is -0.464 e. The Morgan fingerprint density at radius 3 is 2.65 bits per heavy atom. The van der Waals surface area contributed by atoms with Gasteiger partial charge in [-0.1, -0.05) is 26.0 Å². The molecule has 2 aromatic rings. The van der Waals surface area contributed by atoms with Crippen molar-refractivity contribution >= 4 is 22.8 Å². The molecule has 0 spiro atoms. The Bertz CT molecular complexity index is 876. The van der Waals surface area contributed by atoms with Crippen LogP contribution in [0.1, 0.15) is 37.5 Å². The van der Waals surface area contributed by atoms with Crippen molar-refractivity contribution in [2.24, 2.45) is 5.92 Å². The van der Waals surface area contributed by atoms with Crippen LogP contribution >= 0.6 is 0 Å². The summed E-state index contributed by atoms with van der Waals surface area (Å²) in [6, 6.07) is 5.97. The summed E-state index contributed by atoms with van der Waals surface area (Å²) in [5.41, 5.74) is 2.62. The lowest BCUT2D eigenvalue weighted by Crippen LogP contribution is -2.50. The van der Waals surface area contributed by atoms with Crippen LogP contribution in [0.15, 0.2) is 22.8 Å². The van der Waals surface area contributed by atoms with Crippen LogP contribution in [-0.4, -0.2) is 24.0 Å². The molecule has 0 bridgehead atoms. The summed E-state index contributed by atoms with van der Waals surface area (Å²) >= 11 is 0. The lowest BCUT2D eigenvalue weighted by Gasteiger charge is -2.27. The van der Waals surface area contributed by atoms with Gasteiger partial charge in [0.05, 0.1) is 18.8 Å². The number of carbonyl (C=O) groups is 2. The first-order valence-electron chi connectivity index (χ1n) is 8.52. The topological polar surface area (TPSA) is 92.3 Å². The van der Waals surface area contributed by atoms with Gasteiger partial charge in [0, 0.05) is 10.9 Å². The minimum absolute atomic E-state index is 0.0163. The molecule has 1 amide bonds. The van der Waals surface area contributed by atoms with Crippen molar-refractivity contribution in [1.29, 1.82) is 5.26 Å². The fourth-order valence-corrected chi connectivity index (χ4v) is 2.50. The number of esters is 1. The summed E-state index contributed by atoms with van der Waals surface area (Å²) < 4.78 is 10.6. The van der Waals surface area contributed by atoms with Crippen molar-refractivity contribution < 1.29 is 18.7 Å². The predicted molar refractivity (Wildman–Crippen MR) is 97.3 cm³/mol. The number of carbonyl (C=O) groups excluding carboxylic acids is 2. The van der Waals surface area contributed by atoms with Crippen LogP contribution in [0.5, 0.6) is 0 Å². The number of benzene rings is 1. The van der Waals surface area contributed by atoms with Crippen LogP contribution in [0.4, 0.5) is 0 Å². The van der Waals surface area contributed by atoms with Gasteiger partial charge in [-0.15, -0.1) is 0 Å². The van der Waals surface area contributed by atoms with Gasteiger partial charge < -0.3 is 14.5 Å².